The molecular formula is C19H21FN2O2. The van der Waals surface area contributed by atoms with E-state index < -0.39 is 0 Å². The van der Waals surface area contributed by atoms with E-state index in [0.29, 0.717) is 11.4 Å². The molecule has 1 heterocycles. The molecule has 0 aliphatic heterocycles. The van der Waals surface area contributed by atoms with Crippen molar-refractivity contribution in [1.29, 1.82) is 0 Å². The van der Waals surface area contributed by atoms with Gasteiger partial charge in [-0.3, -0.25) is 4.79 Å². The molecule has 24 heavy (non-hydrogen) atoms. The lowest BCUT2D eigenvalue weighted by Gasteiger charge is -2.29. The Bertz CT molecular complexity index is 678. The van der Waals surface area contributed by atoms with E-state index in [1.807, 2.05) is 19.1 Å². The fourth-order valence-corrected chi connectivity index (χ4v) is 2.89. The lowest BCUT2D eigenvalue weighted by molar-refractivity contribution is 0.0890. The van der Waals surface area contributed by atoms with Crippen molar-refractivity contribution in [2.75, 3.05) is 0 Å². The Morgan fingerprint density at radius 2 is 1.83 bits per heavy atom. The number of amides is 1. The van der Waals surface area contributed by atoms with Gasteiger partial charge in [0.2, 0.25) is 5.88 Å². The van der Waals surface area contributed by atoms with E-state index in [1.54, 1.807) is 6.20 Å². The van der Waals surface area contributed by atoms with E-state index in [9.17, 15) is 9.18 Å². The molecule has 1 N–H and O–H groups in total. The molecule has 0 spiro atoms. The first kappa shape index (κ1) is 16.4. The Kier molecular flexibility index (Phi) is 5.08. The zero-order valence-corrected chi connectivity index (χ0v) is 13.7. The highest BCUT2D eigenvalue weighted by molar-refractivity contribution is 5.94. The van der Waals surface area contributed by atoms with Crippen LogP contribution >= 0.6 is 0 Å². The molecule has 0 radical (unpaired) electrons. The third kappa shape index (κ3) is 4.31. The first-order valence-corrected chi connectivity index (χ1v) is 8.26. The molecule has 0 saturated heterocycles. The predicted molar refractivity (Wildman–Crippen MR) is 89.5 cm³/mol. The minimum atomic E-state index is -0.339. The summed E-state index contributed by atoms with van der Waals surface area (Å²) in [6.07, 6.45) is 5.42. The number of rotatable bonds is 4. The molecule has 0 bridgehead atoms. The molecular weight excluding hydrogens is 307 g/mol. The van der Waals surface area contributed by atoms with E-state index in [0.717, 1.165) is 31.2 Å². The zero-order chi connectivity index (χ0) is 16.9. The molecule has 1 amide bonds. The molecule has 1 saturated carbocycles. The summed E-state index contributed by atoms with van der Waals surface area (Å²) in [5.74, 6) is 0.160. The third-order valence-electron chi connectivity index (χ3n) is 4.29. The van der Waals surface area contributed by atoms with Crippen LogP contribution in [0.3, 0.4) is 0 Å². The van der Waals surface area contributed by atoms with Crippen molar-refractivity contribution in [3.05, 3.63) is 59.5 Å². The number of benzene rings is 1. The summed E-state index contributed by atoms with van der Waals surface area (Å²) < 4.78 is 18.8. The van der Waals surface area contributed by atoms with E-state index in [1.165, 1.54) is 24.3 Å². The van der Waals surface area contributed by atoms with Crippen LogP contribution in [0.5, 0.6) is 5.88 Å². The van der Waals surface area contributed by atoms with Crippen LogP contribution in [0, 0.1) is 12.7 Å². The van der Waals surface area contributed by atoms with Gasteiger partial charge >= 0.3 is 0 Å². The molecule has 2 aromatic rings. The van der Waals surface area contributed by atoms with Crippen LogP contribution in [0.1, 0.15) is 41.6 Å². The van der Waals surface area contributed by atoms with Gasteiger partial charge in [0.1, 0.15) is 11.9 Å². The Balaban J connectivity index is 1.47. The minimum Gasteiger partial charge on any atom is -0.474 e. The number of carbonyl (C=O) groups excluding carboxylic acids is 1. The summed E-state index contributed by atoms with van der Waals surface area (Å²) in [5.41, 5.74) is 1.59. The maximum Gasteiger partial charge on any atom is 0.251 e. The highest BCUT2D eigenvalue weighted by Crippen LogP contribution is 2.23. The second-order valence-corrected chi connectivity index (χ2v) is 6.25. The molecule has 1 aromatic carbocycles. The number of nitrogens with zero attached hydrogens (tertiary/aromatic N) is 1. The van der Waals surface area contributed by atoms with Gasteiger partial charge in [-0.15, -0.1) is 0 Å². The fourth-order valence-electron chi connectivity index (χ4n) is 2.89. The van der Waals surface area contributed by atoms with E-state index in [-0.39, 0.29) is 23.9 Å². The quantitative estimate of drug-likeness (QED) is 0.932. The minimum absolute atomic E-state index is 0.133. The van der Waals surface area contributed by atoms with Gasteiger partial charge in [-0.25, -0.2) is 9.37 Å². The average molecular weight is 328 g/mol. The Hall–Kier alpha value is -2.43. The Labute approximate surface area is 141 Å². The number of hydrogen-bond acceptors (Lipinski definition) is 3. The first-order valence-electron chi connectivity index (χ1n) is 8.26. The van der Waals surface area contributed by atoms with Crippen LogP contribution in [0.15, 0.2) is 42.6 Å². The molecule has 5 heteroatoms. The van der Waals surface area contributed by atoms with Gasteiger partial charge < -0.3 is 10.1 Å². The normalized spacial score (nSPS) is 20.4. The topological polar surface area (TPSA) is 51.2 Å². The molecule has 4 nitrogen and oxygen atoms in total. The van der Waals surface area contributed by atoms with Crippen molar-refractivity contribution in [2.24, 2.45) is 0 Å². The number of aromatic nitrogens is 1. The number of nitrogens with one attached hydrogen (secondary N) is 1. The molecule has 1 aromatic heterocycles. The van der Waals surface area contributed by atoms with Gasteiger partial charge in [-0.1, -0.05) is 6.07 Å². The summed E-state index contributed by atoms with van der Waals surface area (Å²) in [4.78, 5) is 16.4. The molecule has 1 aliphatic rings. The van der Waals surface area contributed by atoms with Gasteiger partial charge in [-0.05, 0) is 62.4 Å². The van der Waals surface area contributed by atoms with Crippen molar-refractivity contribution >= 4 is 5.91 Å². The number of halogens is 1. The van der Waals surface area contributed by atoms with Crippen LogP contribution in [0.25, 0.3) is 0 Å². The van der Waals surface area contributed by atoms with Crippen LogP contribution in [0.4, 0.5) is 4.39 Å². The number of hydrogen-bond donors (Lipinski definition) is 1. The molecule has 3 rings (SSSR count). The molecule has 1 fully saturated rings. The largest absolute Gasteiger partial charge is 0.474 e. The molecule has 126 valence electrons. The van der Waals surface area contributed by atoms with Crippen LogP contribution < -0.4 is 10.1 Å². The SMILES string of the molecule is Cc1ccc(OC2CCC(NC(=O)c3ccc(F)cc3)CC2)nc1. The maximum absolute atomic E-state index is 12.9. The van der Waals surface area contributed by atoms with Crippen molar-refractivity contribution in [3.8, 4) is 5.88 Å². The number of ether oxygens (including phenoxy) is 1. The zero-order valence-electron chi connectivity index (χ0n) is 13.7. The van der Waals surface area contributed by atoms with E-state index in [2.05, 4.69) is 10.3 Å². The second kappa shape index (κ2) is 7.43. The van der Waals surface area contributed by atoms with E-state index >= 15 is 0 Å². The van der Waals surface area contributed by atoms with Crippen molar-refractivity contribution in [1.82, 2.24) is 10.3 Å². The van der Waals surface area contributed by atoms with Crippen molar-refractivity contribution in [2.45, 2.75) is 44.8 Å². The number of carbonyl (C=O) groups is 1. The highest BCUT2D eigenvalue weighted by Gasteiger charge is 2.24. The summed E-state index contributed by atoms with van der Waals surface area (Å²) in [6.45, 7) is 1.99. The lowest BCUT2D eigenvalue weighted by atomic mass is 9.92. The van der Waals surface area contributed by atoms with Crippen LogP contribution in [0.2, 0.25) is 0 Å². The molecule has 1 aliphatic carbocycles. The maximum atomic E-state index is 12.9. The second-order valence-electron chi connectivity index (χ2n) is 6.25. The van der Waals surface area contributed by atoms with Crippen LogP contribution in [-0.4, -0.2) is 23.0 Å². The summed E-state index contributed by atoms with van der Waals surface area (Å²) >= 11 is 0. The predicted octanol–water partition coefficient (Wildman–Crippen LogP) is 3.65. The van der Waals surface area contributed by atoms with Gasteiger partial charge in [0, 0.05) is 23.9 Å². The van der Waals surface area contributed by atoms with Crippen LogP contribution in [-0.2, 0) is 0 Å². The van der Waals surface area contributed by atoms with Gasteiger partial charge in [0.25, 0.3) is 5.91 Å². The van der Waals surface area contributed by atoms with Crippen molar-refractivity contribution < 1.29 is 13.9 Å². The first-order chi connectivity index (χ1) is 11.6. The standard InChI is InChI=1S/C19H21FN2O2/c1-13-2-11-18(21-12-13)24-17-9-7-16(8-10-17)22-19(23)14-3-5-15(20)6-4-14/h2-6,11-12,16-17H,7-10H2,1H3,(H,22,23). The molecule has 0 atom stereocenters. The highest BCUT2D eigenvalue weighted by atomic mass is 19.1. The summed E-state index contributed by atoms with van der Waals surface area (Å²) in [6, 6.07) is 9.61. The fraction of sp³-hybridized carbons (Fsp3) is 0.368. The smallest absolute Gasteiger partial charge is 0.251 e. The third-order valence-corrected chi connectivity index (χ3v) is 4.29. The van der Waals surface area contributed by atoms with Crippen molar-refractivity contribution in [3.63, 3.8) is 0 Å². The van der Waals surface area contributed by atoms with Gasteiger partial charge in [0.15, 0.2) is 0 Å². The number of aryl methyl sites for hydroxylation is 1. The monoisotopic (exact) mass is 328 g/mol. The Morgan fingerprint density at radius 1 is 1.12 bits per heavy atom. The van der Waals surface area contributed by atoms with E-state index in [4.69, 9.17) is 4.74 Å². The average Bonchev–Trinajstić information content (AvgIpc) is 2.59. The van der Waals surface area contributed by atoms with Gasteiger partial charge in [0.05, 0.1) is 0 Å². The summed E-state index contributed by atoms with van der Waals surface area (Å²) in [7, 11) is 0. The lowest BCUT2D eigenvalue weighted by Crippen LogP contribution is -2.39. The molecule has 0 unspecified atom stereocenters. The Morgan fingerprint density at radius 3 is 2.46 bits per heavy atom. The number of pyridine rings is 1. The van der Waals surface area contributed by atoms with Gasteiger partial charge in [-0.2, -0.15) is 0 Å². The summed E-state index contributed by atoms with van der Waals surface area (Å²) in [5, 5.41) is 3.01.